The van der Waals surface area contributed by atoms with Crippen LogP contribution in [0.1, 0.15) is 38.8 Å². The van der Waals surface area contributed by atoms with Crippen molar-refractivity contribution in [3.8, 4) is 0 Å². The first-order valence-corrected chi connectivity index (χ1v) is 9.33. The molecule has 112 valence electrons. The number of nitrogens with one attached hydrogen (secondary N) is 1. The summed E-state index contributed by atoms with van der Waals surface area (Å²) in [6.45, 7) is 7.87. The van der Waals surface area contributed by atoms with Crippen LogP contribution in [-0.2, 0) is 0 Å². The summed E-state index contributed by atoms with van der Waals surface area (Å²) in [7, 11) is 0. The predicted molar refractivity (Wildman–Crippen MR) is 92.4 cm³/mol. The van der Waals surface area contributed by atoms with Crippen LogP contribution in [0.4, 0.5) is 5.82 Å². The van der Waals surface area contributed by atoms with Gasteiger partial charge in [0.1, 0.15) is 5.82 Å². The summed E-state index contributed by atoms with van der Waals surface area (Å²) in [5, 5.41) is 5.65. The lowest BCUT2D eigenvalue weighted by Gasteiger charge is -2.36. The fraction of sp³-hybridized carbons (Fsp3) is 0.667. The third kappa shape index (κ3) is 3.83. The van der Waals surface area contributed by atoms with E-state index in [0.717, 1.165) is 23.8 Å². The number of hydrogen-bond donors (Lipinski definition) is 2. The molecule has 0 spiro atoms. The number of thioether (sulfide) groups is 2. The molecule has 1 fully saturated rings. The zero-order valence-corrected chi connectivity index (χ0v) is 14.1. The number of nitrogens with two attached hydrogens (primary N) is 1. The van der Waals surface area contributed by atoms with E-state index >= 15 is 0 Å². The van der Waals surface area contributed by atoms with Crippen LogP contribution >= 0.6 is 23.5 Å². The maximum atomic E-state index is 6.09. The Morgan fingerprint density at radius 2 is 2.25 bits per heavy atom. The molecule has 0 aliphatic carbocycles. The standard InChI is InChI=1S/C15H25N3S2/c1-4-7-17-14(12-6-5-8-18-15(12)16)13-9-19-10(2)11(3)20-13/h5-6,8,10-11,13-14,17H,4,7,9H2,1-3H3,(H2,16,18). The van der Waals surface area contributed by atoms with Crippen molar-refractivity contribution in [3.63, 3.8) is 0 Å². The highest BCUT2D eigenvalue weighted by Crippen LogP contribution is 2.41. The monoisotopic (exact) mass is 311 g/mol. The number of nitrogen functional groups attached to an aromatic ring is 1. The molecule has 0 aromatic carbocycles. The Labute approximate surface area is 130 Å². The molecule has 2 rings (SSSR count). The van der Waals surface area contributed by atoms with Crippen molar-refractivity contribution in [2.24, 2.45) is 0 Å². The molecule has 3 N–H and O–H groups in total. The van der Waals surface area contributed by atoms with Crippen LogP contribution in [-0.4, -0.2) is 33.0 Å². The smallest absolute Gasteiger partial charge is 0.128 e. The van der Waals surface area contributed by atoms with Crippen molar-refractivity contribution < 1.29 is 0 Å². The Bertz CT molecular complexity index is 427. The van der Waals surface area contributed by atoms with Crippen LogP contribution in [0.2, 0.25) is 0 Å². The summed E-state index contributed by atoms with van der Waals surface area (Å²) in [5.41, 5.74) is 7.25. The Hall–Kier alpha value is -0.390. The summed E-state index contributed by atoms with van der Waals surface area (Å²) < 4.78 is 0. The average Bonchev–Trinajstić information content (AvgIpc) is 2.44. The molecule has 4 unspecified atom stereocenters. The maximum Gasteiger partial charge on any atom is 0.128 e. The molecule has 5 heteroatoms. The van der Waals surface area contributed by atoms with E-state index in [1.165, 1.54) is 5.75 Å². The Balaban J connectivity index is 2.17. The highest BCUT2D eigenvalue weighted by Gasteiger charge is 2.32. The summed E-state index contributed by atoms with van der Waals surface area (Å²) in [4.78, 5) is 4.26. The molecule has 0 amide bonds. The van der Waals surface area contributed by atoms with Crippen molar-refractivity contribution in [2.45, 2.75) is 49.0 Å². The second-order valence-corrected chi connectivity index (χ2v) is 8.36. The molecule has 4 atom stereocenters. The second kappa shape index (κ2) is 7.57. The van der Waals surface area contributed by atoms with E-state index in [1.807, 2.05) is 6.07 Å². The molecule has 2 heterocycles. The first-order valence-electron chi connectivity index (χ1n) is 7.34. The van der Waals surface area contributed by atoms with Crippen LogP contribution < -0.4 is 11.1 Å². The number of hydrogen-bond acceptors (Lipinski definition) is 5. The van der Waals surface area contributed by atoms with Crippen molar-refractivity contribution in [1.29, 1.82) is 0 Å². The van der Waals surface area contributed by atoms with E-state index in [-0.39, 0.29) is 0 Å². The van der Waals surface area contributed by atoms with Crippen LogP contribution in [0.15, 0.2) is 18.3 Å². The van der Waals surface area contributed by atoms with E-state index in [4.69, 9.17) is 5.73 Å². The van der Waals surface area contributed by atoms with Gasteiger partial charge in [0.25, 0.3) is 0 Å². The lowest BCUT2D eigenvalue weighted by Crippen LogP contribution is -2.38. The van der Waals surface area contributed by atoms with Gasteiger partial charge in [0.05, 0.1) is 0 Å². The Morgan fingerprint density at radius 3 is 2.90 bits per heavy atom. The summed E-state index contributed by atoms with van der Waals surface area (Å²) in [6, 6.07) is 4.40. The van der Waals surface area contributed by atoms with Gasteiger partial charge in [-0.1, -0.05) is 26.8 Å². The van der Waals surface area contributed by atoms with E-state index < -0.39 is 0 Å². The molecule has 1 aromatic heterocycles. The lowest BCUT2D eigenvalue weighted by atomic mass is 10.0. The minimum atomic E-state index is 0.302. The molecule has 0 bridgehead atoms. The van der Waals surface area contributed by atoms with Crippen molar-refractivity contribution in [1.82, 2.24) is 10.3 Å². The maximum absolute atomic E-state index is 6.09. The lowest BCUT2D eigenvalue weighted by molar-refractivity contribution is 0.528. The zero-order valence-electron chi connectivity index (χ0n) is 12.5. The van der Waals surface area contributed by atoms with Crippen LogP contribution in [0.25, 0.3) is 0 Å². The number of rotatable bonds is 5. The fourth-order valence-electron chi connectivity index (χ4n) is 2.42. The van der Waals surface area contributed by atoms with Gasteiger partial charge >= 0.3 is 0 Å². The van der Waals surface area contributed by atoms with Crippen LogP contribution in [0, 0.1) is 0 Å². The Kier molecular flexibility index (Phi) is 6.05. The molecule has 1 aliphatic heterocycles. The van der Waals surface area contributed by atoms with Gasteiger partial charge in [-0.05, 0) is 19.0 Å². The molecular formula is C15H25N3S2. The molecular weight excluding hydrogens is 286 g/mol. The normalized spacial score (nSPS) is 28.2. The summed E-state index contributed by atoms with van der Waals surface area (Å²) >= 11 is 4.16. The van der Waals surface area contributed by atoms with E-state index in [9.17, 15) is 0 Å². The van der Waals surface area contributed by atoms with Crippen molar-refractivity contribution in [3.05, 3.63) is 23.9 Å². The zero-order chi connectivity index (χ0) is 14.5. The summed E-state index contributed by atoms with van der Waals surface area (Å²) in [5.74, 6) is 1.84. The van der Waals surface area contributed by atoms with Crippen molar-refractivity contribution in [2.75, 3.05) is 18.0 Å². The molecule has 1 aromatic rings. The average molecular weight is 312 g/mol. The topological polar surface area (TPSA) is 50.9 Å². The molecule has 20 heavy (non-hydrogen) atoms. The minimum absolute atomic E-state index is 0.302. The van der Waals surface area contributed by atoms with Gasteiger partial charge in [0.15, 0.2) is 0 Å². The molecule has 0 saturated carbocycles. The van der Waals surface area contributed by atoms with Gasteiger partial charge < -0.3 is 11.1 Å². The van der Waals surface area contributed by atoms with Gasteiger partial charge in [0, 0.05) is 39.3 Å². The minimum Gasteiger partial charge on any atom is -0.383 e. The molecule has 3 nitrogen and oxygen atoms in total. The van der Waals surface area contributed by atoms with Gasteiger partial charge in [0.2, 0.25) is 0 Å². The number of anilines is 1. The van der Waals surface area contributed by atoms with Crippen LogP contribution in [0.5, 0.6) is 0 Å². The first kappa shape index (κ1) is 16.0. The van der Waals surface area contributed by atoms with E-state index in [0.29, 0.717) is 22.4 Å². The van der Waals surface area contributed by atoms with Gasteiger partial charge in [-0.3, -0.25) is 0 Å². The number of pyridine rings is 1. The van der Waals surface area contributed by atoms with E-state index in [2.05, 4.69) is 60.7 Å². The quantitative estimate of drug-likeness (QED) is 0.873. The molecule has 1 saturated heterocycles. The van der Waals surface area contributed by atoms with Gasteiger partial charge in [-0.2, -0.15) is 23.5 Å². The number of nitrogens with zero attached hydrogens (tertiary/aromatic N) is 1. The van der Waals surface area contributed by atoms with Gasteiger partial charge in [-0.25, -0.2) is 4.98 Å². The molecule has 0 radical (unpaired) electrons. The highest BCUT2D eigenvalue weighted by molar-refractivity contribution is 8.07. The Morgan fingerprint density at radius 1 is 1.45 bits per heavy atom. The first-order chi connectivity index (χ1) is 9.63. The number of aromatic nitrogens is 1. The van der Waals surface area contributed by atoms with E-state index in [1.54, 1.807) is 6.20 Å². The van der Waals surface area contributed by atoms with Gasteiger partial charge in [-0.15, -0.1) is 0 Å². The third-order valence-corrected chi connectivity index (χ3v) is 7.26. The fourth-order valence-corrected chi connectivity index (χ4v) is 5.52. The SMILES string of the molecule is CCCNC(c1cccnc1N)C1CSC(C)C(C)S1. The second-order valence-electron chi connectivity index (χ2n) is 5.33. The summed E-state index contributed by atoms with van der Waals surface area (Å²) in [6.07, 6.45) is 2.90. The largest absolute Gasteiger partial charge is 0.383 e. The predicted octanol–water partition coefficient (Wildman–Crippen LogP) is 3.33. The van der Waals surface area contributed by atoms with Crippen LogP contribution in [0.3, 0.4) is 0 Å². The third-order valence-electron chi connectivity index (χ3n) is 3.77. The molecule has 1 aliphatic rings. The highest BCUT2D eigenvalue weighted by atomic mass is 32.2. The van der Waals surface area contributed by atoms with Crippen molar-refractivity contribution >= 4 is 29.3 Å².